The quantitative estimate of drug-likeness (QED) is 0.723. The van der Waals surface area contributed by atoms with Gasteiger partial charge in [0.1, 0.15) is 0 Å². The standard InChI is InChI=1S/C10H17NOS/c1-2-8-9(4-10(8)12-3-1)11-7-5-13-6-7/h7-11H,1-6H2. The molecule has 0 bridgehead atoms. The van der Waals surface area contributed by atoms with E-state index < -0.39 is 0 Å². The normalized spacial score (nSPS) is 44.8. The number of fused-ring (bicyclic) bond motifs is 1. The predicted octanol–water partition coefficient (Wildman–Crippen LogP) is 1.26. The molecule has 3 fully saturated rings. The van der Waals surface area contributed by atoms with Crippen molar-refractivity contribution < 1.29 is 4.74 Å². The molecule has 2 aliphatic heterocycles. The van der Waals surface area contributed by atoms with Gasteiger partial charge in [0.25, 0.3) is 0 Å². The Morgan fingerprint density at radius 1 is 1.31 bits per heavy atom. The Morgan fingerprint density at radius 3 is 2.92 bits per heavy atom. The first-order valence-electron chi connectivity index (χ1n) is 5.39. The smallest absolute Gasteiger partial charge is 0.0633 e. The van der Waals surface area contributed by atoms with Crippen LogP contribution in [0.2, 0.25) is 0 Å². The summed E-state index contributed by atoms with van der Waals surface area (Å²) in [7, 11) is 0. The van der Waals surface area contributed by atoms with Crippen LogP contribution in [0.15, 0.2) is 0 Å². The molecule has 2 saturated heterocycles. The lowest BCUT2D eigenvalue weighted by atomic mass is 9.72. The third kappa shape index (κ3) is 1.51. The fraction of sp³-hybridized carbons (Fsp3) is 1.00. The van der Waals surface area contributed by atoms with E-state index in [4.69, 9.17) is 4.74 Å². The number of hydrogen-bond acceptors (Lipinski definition) is 3. The van der Waals surface area contributed by atoms with Crippen molar-refractivity contribution in [1.82, 2.24) is 5.32 Å². The Morgan fingerprint density at radius 2 is 2.23 bits per heavy atom. The summed E-state index contributed by atoms with van der Waals surface area (Å²) >= 11 is 2.06. The van der Waals surface area contributed by atoms with Gasteiger partial charge in [0.2, 0.25) is 0 Å². The lowest BCUT2D eigenvalue weighted by Gasteiger charge is -2.49. The fourth-order valence-corrected chi connectivity index (χ4v) is 3.29. The molecule has 74 valence electrons. The van der Waals surface area contributed by atoms with Crippen LogP contribution in [0.4, 0.5) is 0 Å². The van der Waals surface area contributed by atoms with Crippen LogP contribution in [-0.2, 0) is 4.74 Å². The van der Waals surface area contributed by atoms with Crippen LogP contribution < -0.4 is 5.32 Å². The van der Waals surface area contributed by atoms with Crippen LogP contribution in [0.3, 0.4) is 0 Å². The minimum absolute atomic E-state index is 0.610. The van der Waals surface area contributed by atoms with E-state index in [0.717, 1.165) is 24.6 Å². The van der Waals surface area contributed by atoms with Crippen molar-refractivity contribution in [3.05, 3.63) is 0 Å². The maximum Gasteiger partial charge on any atom is 0.0633 e. The molecule has 3 unspecified atom stereocenters. The van der Waals surface area contributed by atoms with E-state index in [1.54, 1.807) is 0 Å². The number of hydrogen-bond donors (Lipinski definition) is 1. The first-order chi connectivity index (χ1) is 6.43. The first kappa shape index (κ1) is 8.57. The lowest BCUT2D eigenvalue weighted by Crippen LogP contribution is -2.60. The van der Waals surface area contributed by atoms with Crippen molar-refractivity contribution in [2.45, 2.75) is 37.5 Å². The largest absolute Gasteiger partial charge is 0.378 e. The van der Waals surface area contributed by atoms with E-state index in [1.807, 2.05) is 0 Å². The molecular weight excluding hydrogens is 182 g/mol. The molecule has 13 heavy (non-hydrogen) atoms. The summed E-state index contributed by atoms with van der Waals surface area (Å²) in [4.78, 5) is 0. The molecule has 1 saturated carbocycles. The summed E-state index contributed by atoms with van der Waals surface area (Å²) in [5, 5.41) is 3.75. The number of rotatable bonds is 2. The molecule has 3 heteroatoms. The zero-order valence-electron chi connectivity index (χ0n) is 7.87. The molecule has 0 spiro atoms. The van der Waals surface area contributed by atoms with Crippen molar-refractivity contribution in [2.75, 3.05) is 18.1 Å². The Labute approximate surface area is 83.8 Å². The summed E-state index contributed by atoms with van der Waals surface area (Å²) in [5.41, 5.74) is 0. The first-order valence-corrected chi connectivity index (χ1v) is 6.54. The van der Waals surface area contributed by atoms with Gasteiger partial charge in [-0.3, -0.25) is 0 Å². The predicted molar refractivity (Wildman–Crippen MR) is 55.1 cm³/mol. The molecule has 2 heterocycles. The highest BCUT2D eigenvalue weighted by atomic mass is 32.2. The monoisotopic (exact) mass is 199 g/mol. The van der Waals surface area contributed by atoms with E-state index in [2.05, 4.69) is 17.1 Å². The van der Waals surface area contributed by atoms with Crippen molar-refractivity contribution in [1.29, 1.82) is 0 Å². The molecule has 0 aromatic carbocycles. The van der Waals surface area contributed by atoms with Gasteiger partial charge in [0, 0.05) is 36.1 Å². The van der Waals surface area contributed by atoms with Gasteiger partial charge in [-0.05, 0) is 19.3 Å². The molecular formula is C10H17NOS. The molecule has 0 aromatic heterocycles. The average Bonchev–Trinajstić information content (AvgIpc) is 2.03. The molecule has 0 radical (unpaired) electrons. The van der Waals surface area contributed by atoms with Crippen LogP contribution in [-0.4, -0.2) is 36.3 Å². The second kappa shape index (κ2) is 3.44. The molecule has 1 aliphatic carbocycles. The molecule has 0 aromatic rings. The van der Waals surface area contributed by atoms with Crippen molar-refractivity contribution in [2.24, 2.45) is 5.92 Å². The van der Waals surface area contributed by atoms with Crippen molar-refractivity contribution in [3.63, 3.8) is 0 Å². The van der Waals surface area contributed by atoms with Crippen LogP contribution in [0.5, 0.6) is 0 Å². The Balaban J connectivity index is 1.50. The number of ether oxygens (including phenoxy) is 1. The minimum atomic E-state index is 0.610. The molecule has 3 atom stereocenters. The van der Waals surface area contributed by atoms with Gasteiger partial charge in [-0.1, -0.05) is 0 Å². The van der Waals surface area contributed by atoms with Gasteiger partial charge in [-0.15, -0.1) is 0 Å². The van der Waals surface area contributed by atoms with Crippen LogP contribution in [0, 0.1) is 5.92 Å². The molecule has 2 nitrogen and oxygen atoms in total. The third-order valence-electron chi connectivity index (χ3n) is 3.58. The van der Waals surface area contributed by atoms with E-state index in [9.17, 15) is 0 Å². The summed E-state index contributed by atoms with van der Waals surface area (Å²) in [6.07, 6.45) is 4.55. The SMILES string of the molecule is C1COC2CC(NC3CSC3)C2C1. The minimum Gasteiger partial charge on any atom is -0.378 e. The highest BCUT2D eigenvalue weighted by molar-refractivity contribution is 8.00. The van der Waals surface area contributed by atoms with E-state index in [1.165, 1.54) is 30.8 Å². The number of thioether (sulfide) groups is 1. The van der Waals surface area contributed by atoms with Crippen LogP contribution in [0.25, 0.3) is 0 Å². The summed E-state index contributed by atoms with van der Waals surface area (Å²) in [5.74, 6) is 3.50. The summed E-state index contributed by atoms with van der Waals surface area (Å²) < 4.78 is 5.70. The zero-order chi connectivity index (χ0) is 8.67. The van der Waals surface area contributed by atoms with E-state index in [-0.39, 0.29) is 0 Å². The van der Waals surface area contributed by atoms with Gasteiger partial charge in [0.05, 0.1) is 6.10 Å². The summed E-state index contributed by atoms with van der Waals surface area (Å²) in [6, 6.07) is 1.61. The summed E-state index contributed by atoms with van der Waals surface area (Å²) in [6.45, 7) is 1.01. The molecule has 1 N–H and O–H groups in total. The Bertz CT molecular complexity index is 195. The number of nitrogens with one attached hydrogen (secondary N) is 1. The molecule has 3 aliphatic rings. The average molecular weight is 199 g/mol. The van der Waals surface area contributed by atoms with E-state index in [0.29, 0.717) is 6.10 Å². The van der Waals surface area contributed by atoms with Gasteiger partial charge < -0.3 is 10.1 Å². The van der Waals surface area contributed by atoms with Gasteiger partial charge in [0.15, 0.2) is 0 Å². The Kier molecular flexibility index (Phi) is 2.27. The maximum atomic E-state index is 5.70. The maximum absolute atomic E-state index is 5.70. The van der Waals surface area contributed by atoms with Gasteiger partial charge in [-0.25, -0.2) is 0 Å². The topological polar surface area (TPSA) is 21.3 Å². The fourth-order valence-electron chi connectivity index (χ4n) is 2.62. The van der Waals surface area contributed by atoms with Crippen LogP contribution >= 0.6 is 11.8 Å². The molecule has 3 rings (SSSR count). The highest BCUT2D eigenvalue weighted by Gasteiger charge is 2.44. The van der Waals surface area contributed by atoms with Gasteiger partial charge >= 0.3 is 0 Å². The third-order valence-corrected chi connectivity index (χ3v) is 4.86. The van der Waals surface area contributed by atoms with Crippen LogP contribution in [0.1, 0.15) is 19.3 Å². The van der Waals surface area contributed by atoms with Gasteiger partial charge in [-0.2, -0.15) is 11.8 Å². The molecule has 0 amide bonds. The highest BCUT2D eigenvalue weighted by Crippen LogP contribution is 2.38. The second-order valence-electron chi connectivity index (χ2n) is 4.46. The second-order valence-corrected chi connectivity index (χ2v) is 5.53. The lowest BCUT2D eigenvalue weighted by molar-refractivity contribution is -0.104. The zero-order valence-corrected chi connectivity index (χ0v) is 8.69. The Hall–Kier alpha value is 0.270. The van der Waals surface area contributed by atoms with Crippen molar-refractivity contribution in [3.8, 4) is 0 Å². The van der Waals surface area contributed by atoms with E-state index >= 15 is 0 Å². The van der Waals surface area contributed by atoms with Crippen molar-refractivity contribution >= 4 is 11.8 Å².